The molecule has 1 aromatic rings. The van der Waals surface area contributed by atoms with E-state index in [9.17, 15) is 22.8 Å². The van der Waals surface area contributed by atoms with Crippen LogP contribution in [0.25, 0.3) is 5.57 Å². The van der Waals surface area contributed by atoms with Crippen LogP contribution in [-0.2, 0) is 14.3 Å². The number of amides is 2. The van der Waals surface area contributed by atoms with E-state index >= 15 is 0 Å². The SMILES string of the molecule is COC(=O)C1=C(c2ccc(OC(F)(F)F)cc2)C[C@@H]2CC[C@H]1N2C(=O)N1CCOCC1. The molecule has 7 nitrogen and oxygen atoms in total. The molecule has 168 valence electrons. The smallest absolute Gasteiger partial charge is 0.466 e. The van der Waals surface area contributed by atoms with E-state index in [0.717, 1.165) is 6.42 Å². The number of hydrogen-bond acceptors (Lipinski definition) is 5. The third kappa shape index (κ3) is 4.34. The summed E-state index contributed by atoms with van der Waals surface area (Å²) in [4.78, 5) is 29.4. The van der Waals surface area contributed by atoms with Gasteiger partial charge in [0, 0.05) is 19.1 Å². The molecule has 2 saturated heterocycles. The molecule has 0 aromatic heterocycles. The summed E-state index contributed by atoms with van der Waals surface area (Å²) >= 11 is 0. The topological polar surface area (TPSA) is 68.3 Å². The first-order chi connectivity index (χ1) is 14.8. The monoisotopic (exact) mass is 440 g/mol. The highest BCUT2D eigenvalue weighted by molar-refractivity contribution is 6.01. The van der Waals surface area contributed by atoms with Gasteiger partial charge < -0.3 is 24.0 Å². The fraction of sp³-hybridized carbons (Fsp3) is 0.524. The highest BCUT2D eigenvalue weighted by Crippen LogP contribution is 2.44. The van der Waals surface area contributed by atoms with Gasteiger partial charge in [-0.2, -0.15) is 0 Å². The van der Waals surface area contributed by atoms with Crippen LogP contribution in [0.2, 0.25) is 0 Å². The van der Waals surface area contributed by atoms with E-state index in [4.69, 9.17) is 9.47 Å². The summed E-state index contributed by atoms with van der Waals surface area (Å²) in [6.45, 7) is 1.96. The number of hydrogen-bond donors (Lipinski definition) is 0. The summed E-state index contributed by atoms with van der Waals surface area (Å²) < 4.78 is 51.6. The lowest BCUT2D eigenvalue weighted by Gasteiger charge is -2.41. The van der Waals surface area contributed by atoms with Gasteiger partial charge in [-0.05, 0) is 42.5 Å². The van der Waals surface area contributed by atoms with Gasteiger partial charge in [0.05, 0.1) is 31.9 Å². The number of carbonyl (C=O) groups excluding carboxylic acids is 2. The van der Waals surface area contributed by atoms with Gasteiger partial charge in [-0.1, -0.05) is 12.1 Å². The lowest BCUT2D eigenvalue weighted by atomic mass is 9.88. The normalized spacial score (nSPS) is 23.7. The van der Waals surface area contributed by atoms with Crippen LogP contribution in [0, 0.1) is 0 Å². The molecule has 0 N–H and O–H groups in total. The van der Waals surface area contributed by atoms with Gasteiger partial charge in [-0.3, -0.25) is 0 Å². The summed E-state index contributed by atoms with van der Waals surface area (Å²) in [7, 11) is 1.28. The largest absolute Gasteiger partial charge is 0.573 e. The van der Waals surface area contributed by atoms with Crippen LogP contribution >= 0.6 is 0 Å². The van der Waals surface area contributed by atoms with Gasteiger partial charge >= 0.3 is 18.4 Å². The minimum absolute atomic E-state index is 0.0881. The highest BCUT2D eigenvalue weighted by atomic mass is 19.4. The number of morpholine rings is 1. The molecule has 0 aliphatic carbocycles. The lowest BCUT2D eigenvalue weighted by molar-refractivity contribution is -0.274. The van der Waals surface area contributed by atoms with E-state index in [2.05, 4.69) is 4.74 Å². The Morgan fingerprint density at radius 3 is 2.39 bits per heavy atom. The van der Waals surface area contributed by atoms with Crippen molar-refractivity contribution in [2.45, 2.75) is 37.7 Å². The van der Waals surface area contributed by atoms with E-state index < -0.39 is 18.4 Å². The molecular formula is C21H23F3N2O5. The lowest BCUT2D eigenvalue weighted by Crippen LogP contribution is -2.54. The number of alkyl halides is 3. The second kappa shape index (κ2) is 8.41. The highest BCUT2D eigenvalue weighted by Gasteiger charge is 2.47. The van der Waals surface area contributed by atoms with E-state index in [1.54, 1.807) is 9.80 Å². The van der Waals surface area contributed by atoms with Gasteiger partial charge in [-0.25, -0.2) is 9.59 Å². The Labute approximate surface area is 177 Å². The summed E-state index contributed by atoms with van der Waals surface area (Å²) in [5, 5.41) is 0. The van der Waals surface area contributed by atoms with Crippen LogP contribution in [0.15, 0.2) is 29.8 Å². The molecule has 0 unspecified atom stereocenters. The minimum Gasteiger partial charge on any atom is -0.466 e. The molecule has 1 aromatic carbocycles. The molecule has 0 saturated carbocycles. The summed E-state index contributed by atoms with van der Waals surface area (Å²) in [6, 6.07) is 4.80. The summed E-state index contributed by atoms with van der Waals surface area (Å²) in [5.74, 6) is -0.866. The molecule has 2 fully saturated rings. The Morgan fingerprint density at radius 2 is 1.77 bits per heavy atom. The van der Waals surface area contributed by atoms with Crippen molar-refractivity contribution >= 4 is 17.6 Å². The van der Waals surface area contributed by atoms with E-state index in [0.29, 0.717) is 55.9 Å². The Kier molecular flexibility index (Phi) is 5.83. The van der Waals surface area contributed by atoms with E-state index in [1.165, 1.54) is 31.4 Å². The zero-order valence-electron chi connectivity index (χ0n) is 17.0. The number of urea groups is 1. The number of esters is 1. The number of fused-ring (bicyclic) bond motifs is 2. The molecule has 0 radical (unpaired) electrons. The molecule has 3 heterocycles. The van der Waals surface area contributed by atoms with Crippen molar-refractivity contribution in [3.8, 4) is 5.75 Å². The number of halogens is 3. The van der Waals surface area contributed by atoms with Crippen LogP contribution in [-0.4, -0.2) is 73.7 Å². The number of ether oxygens (including phenoxy) is 3. The zero-order valence-corrected chi connectivity index (χ0v) is 17.0. The first-order valence-corrected chi connectivity index (χ1v) is 10.1. The standard InChI is InChI=1S/C21H23F3N2O5/c1-29-19(27)18-16(13-2-5-15(6-3-13)31-21(22,23)24)12-14-4-7-17(18)26(14)20(28)25-8-10-30-11-9-25/h2-3,5-6,14,17H,4,7-12H2,1H3/t14-,17+/m0/s1. The van der Waals surface area contributed by atoms with Crippen LogP contribution in [0.1, 0.15) is 24.8 Å². The van der Waals surface area contributed by atoms with Crippen molar-refractivity contribution in [1.29, 1.82) is 0 Å². The minimum atomic E-state index is -4.78. The molecule has 2 atom stereocenters. The number of carbonyl (C=O) groups is 2. The molecule has 10 heteroatoms. The Balaban J connectivity index is 1.65. The fourth-order valence-corrected chi connectivity index (χ4v) is 4.62. The third-order valence-corrected chi connectivity index (χ3v) is 5.94. The van der Waals surface area contributed by atoms with Crippen molar-refractivity contribution in [3.05, 3.63) is 35.4 Å². The maximum absolute atomic E-state index is 13.2. The number of benzene rings is 1. The summed E-state index contributed by atoms with van der Waals surface area (Å²) in [6.07, 6.45) is -2.98. The van der Waals surface area contributed by atoms with Crippen molar-refractivity contribution in [2.24, 2.45) is 0 Å². The Hall–Kier alpha value is -2.75. The predicted molar refractivity (Wildman–Crippen MR) is 103 cm³/mol. The van der Waals surface area contributed by atoms with Gasteiger partial charge in [0.1, 0.15) is 5.75 Å². The maximum Gasteiger partial charge on any atom is 0.573 e. The fourth-order valence-electron chi connectivity index (χ4n) is 4.62. The van der Waals surface area contributed by atoms with Crippen molar-refractivity contribution < 1.29 is 37.0 Å². The Bertz CT molecular complexity index is 878. The average molecular weight is 440 g/mol. The van der Waals surface area contributed by atoms with Crippen molar-refractivity contribution in [1.82, 2.24) is 9.80 Å². The van der Waals surface area contributed by atoms with Crippen LogP contribution in [0.4, 0.5) is 18.0 Å². The van der Waals surface area contributed by atoms with Gasteiger partial charge in [0.15, 0.2) is 0 Å². The Morgan fingerprint density at radius 1 is 1.10 bits per heavy atom. The zero-order chi connectivity index (χ0) is 22.2. The third-order valence-electron chi connectivity index (χ3n) is 5.94. The quantitative estimate of drug-likeness (QED) is 0.676. The predicted octanol–water partition coefficient (Wildman–Crippen LogP) is 3.20. The second-order valence-corrected chi connectivity index (χ2v) is 7.70. The average Bonchev–Trinajstić information content (AvgIpc) is 3.06. The van der Waals surface area contributed by atoms with Crippen LogP contribution < -0.4 is 4.74 Å². The van der Waals surface area contributed by atoms with Crippen molar-refractivity contribution in [2.75, 3.05) is 33.4 Å². The van der Waals surface area contributed by atoms with Crippen LogP contribution in [0.5, 0.6) is 5.75 Å². The molecule has 2 amide bonds. The number of rotatable bonds is 3. The molecule has 4 rings (SSSR count). The first-order valence-electron chi connectivity index (χ1n) is 10.1. The number of methoxy groups -OCH3 is 1. The number of nitrogens with zero attached hydrogens (tertiary/aromatic N) is 2. The van der Waals surface area contributed by atoms with Gasteiger partial charge in [0.2, 0.25) is 0 Å². The molecule has 0 spiro atoms. The second-order valence-electron chi connectivity index (χ2n) is 7.70. The molecule has 2 bridgehead atoms. The van der Waals surface area contributed by atoms with E-state index in [-0.39, 0.29) is 17.8 Å². The van der Waals surface area contributed by atoms with Crippen molar-refractivity contribution in [3.63, 3.8) is 0 Å². The van der Waals surface area contributed by atoms with Gasteiger partial charge in [0.25, 0.3) is 0 Å². The van der Waals surface area contributed by atoms with Gasteiger partial charge in [-0.15, -0.1) is 13.2 Å². The molecule has 3 aliphatic heterocycles. The van der Waals surface area contributed by atoms with E-state index in [1.807, 2.05) is 0 Å². The first kappa shape index (κ1) is 21.5. The molecule has 3 aliphatic rings. The summed E-state index contributed by atoms with van der Waals surface area (Å²) in [5.41, 5.74) is 1.71. The van der Waals surface area contributed by atoms with Crippen LogP contribution in [0.3, 0.4) is 0 Å². The molecular weight excluding hydrogens is 417 g/mol. The maximum atomic E-state index is 13.2. The molecule has 31 heavy (non-hydrogen) atoms.